The molecule has 2 rings (SSSR count). The standard InChI is InChI=1S/C18H20N2O4/c1-3-14-4-6-15(7-5-14)13(2)19-18(21)12-24-17-10-8-16(9-11-17)20(22)23/h4-11,13H,3,12H2,1-2H3,(H,19,21). The van der Waals surface area contributed by atoms with Gasteiger partial charge in [-0.1, -0.05) is 31.2 Å². The predicted molar refractivity (Wildman–Crippen MR) is 91.0 cm³/mol. The summed E-state index contributed by atoms with van der Waals surface area (Å²) in [4.78, 5) is 22.0. The summed E-state index contributed by atoms with van der Waals surface area (Å²) in [5.74, 6) is 0.163. The molecule has 0 aromatic heterocycles. The number of hydrogen-bond donors (Lipinski definition) is 1. The summed E-state index contributed by atoms with van der Waals surface area (Å²) in [6.45, 7) is 3.86. The number of nitrogens with one attached hydrogen (secondary N) is 1. The van der Waals surface area contributed by atoms with Gasteiger partial charge in [0.05, 0.1) is 11.0 Å². The van der Waals surface area contributed by atoms with Crippen molar-refractivity contribution >= 4 is 11.6 Å². The van der Waals surface area contributed by atoms with Crippen LogP contribution < -0.4 is 10.1 Å². The van der Waals surface area contributed by atoms with E-state index in [1.165, 1.54) is 29.8 Å². The van der Waals surface area contributed by atoms with Gasteiger partial charge in [0.1, 0.15) is 5.75 Å². The number of non-ortho nitro benzene ring substituents is 1. The van der Waals surface area contributed by atoms with Gasteiger partial charge in [-0.3, -0.25) is 14.9 Å². The molecule has 0 bridgehead atoms. The molecule has 6 nitrogen and oxygen atoms in total. The number of nitro groups is 1. The first-order valence-corrected chi connectivity index (χ1v) is 7.75. The van der Waals surface area contributed by atoms with Gasteiger partial charge in [0.2, 0.25) is 0 Å². The van der Waals surface area contributed by atoms with E-state index in [4.69, 9.17) is 4.74 Å². The van der Waals surface area contributed by atoms with Gasteiger partial charge < -0.3 is 10.1 Å². The maximum atomic E-state index is 12.0. The van der Waals surface area contributed by atoms with Crippen LogP contribution in [0.4, 0.5) is 5.69 Å². The number of nitro benzene ring substituents is 1. The fourth-order valence-corrected chi connectivity index (χ4v) is 2.22. The molecule has 0 fully saturated rings. The van der Waals surface area contributed by atoms with Crippen LogP contribution in [0, 0.1) is 10.1 Å². The van der Waals surface area contributed by atoms with Crippen molar-refractivity contribution in [2.24, 2.45) is 0 Å². The fraction of sp³-hybridized carbons (Fsp3) is 0.278. The van der Waals surface area contributed by atoms with Crippen molar-refractivity contribution in [2.45, 2.75) is 26.3 Å². The molecule has 1 unspecified atom stereocenters. The van der Waals surface area contributed by atoms with Gasteiger partial charge in [-0.2, -0.15) is 0 Å². The Balaban J connectivity index is 1.84. The molecule has 1 amide bonds. The molecule has 2 aromatic rings. The number of benzene rings is 2. The molecular weight excluding hydrogens is 308 g/mol. The smallest absolute Gasteiger partial charge is 0.269 e. The highest BCUT2D eigenvalue weighted by atomic mass is 16.6. The highest BCUT2D eigenvalue weighted by Gasteiger charge is 2.11. The Morgan fingerprint density at radius 3 is 2.33 bits per heavy atom. The van der Waals surface area contributed by atoms with E-state index in [2.05, 4.69) is 12.2 Å². The molecule has 2 aromatic carbocycles. The fourth-order valence-electron chi connectivity index (χ4n) is 2.22. The lowest BCUT2D eigenvalue weighted by molar-refractivity contribution is -0.384. The minimum atomic E-state index is -0.484. The first kappa shape index (κ1) is 17.5. The maximum Gasteiger partial charge on any atom is 0.269 e. The summed E-state index contributed by atoms with van der Waals surface area (Å²) in [5, 5.41) is 13.4. The Morgan fingerprint density at radius 2 is 1.79 bits per heavy atom. The van der Waals surface area contributed by atoms with Crippen LogP contribution in [0.25, 0.3) is 0 Å². The molecule has 0 aliphatic carbocycles. The topological polar surface area (TPSA) is 81.5 Å². The molecule has 6 heteroatoms. The summed E-state index contributed by atoms with van der Waals surface area (Å²) >= 11 is 0. The first-order chi connectivity index (χ1) is 11.5. The van der Waals surface area contributed by atoms with Gasteiger partial charge in [-0.15, -0.1) is 0 Å². The van der Waals surface area contributed by atoms with Crippen LogP contribution in [0.1, 0.15) is 31.0 Å². The van der Waals surface area contributed by atoms with Crippen molar-refractivity contribution in [3.05, 3.63) is 69.8 Å². The number of hydrogen-bond acceptors (Lipinski definition) is 4. The van der Waals surface area contributed by atoms with Crippen LogP contribution in [0.2, 0.25) is 0 Å². The lowest BCUT2D eigenvalue weighted by atomic mass is 10.1. The molecule has 0 heterocycles. The number of carbonyl (C=O) groups excluding carboxylic acids is 1. The van der Waals surface area contributed by atoms with Gasteiger partial charge in [0.15, 0.2) is 6.61 Å². The van der Waals surface area contributed by atoms with Crippen molar-refractivity contribution in [1.29, 1.82) is 0 Å². The predicted octanol–water partition coefficient (Wildman–Crippen LogP) is 3.41. The minimum Gasteiger partial charge on any atom is -0.484 e. The molecule has 126 valence electrons. The second-order valence-corrected chi connectivity index (χ2v) is 5.42. The number of rotatable bonds is 7. The highest BCUT2D eigenvalue weighted by molar-refractivity contribution is 5.78. The van der Waals surface area contributed by atoms with E-state index >= 15 is 0 Å². The number of ether oxygens (including phenoxy) is 1. The second-order valence-electron chi connectivity index (χ2n) is 5.42. The Labute approximate surface area is 140 Å². The van der Waals surface area contributed by atoms with Crippen LogP contribution in [-0.2, 0) is 11.2 Å². The van der Waals surface area contributed by atoms with Crippen LogP contribution in [-0.4, -0.2) is 17.4 Å². The van der Waals surface area contributed by atoms with E-state index in [0.717, 1.165) is 12.0 Å². The van der Waals surface area contributed by atoms with Crippen LogP contribution in [0.3, 0.4) is 0 Å². The molecule has 1 N–H and O–H groups in total. The molecule has 0 aliphatic rings. The van der Waals surface area contributed by atoms with E-state index in [1.807, 2.05) is 31.2 Å². The zero-order chi connectivity index (χ0) is 17.5. The van der Waals surface area contributed by atoms with Crippen molar-refractivity contribution < 1.29 is 14.5 Å². The average Bonchev–Trinajstić information content (AvgIpc) is 2.60. The first-order valence-electron chi connectivity index (χ1n) is 7.75. The van der Waals surface area contributed by atoms with Gasteiger partial charge in [0, 0.05) is 12.1 Å². The number of aryl methyl sites for hydroxylation is 1. The third kappa shape index (κ3) is 4.81. The van der Waals surface area contributed by atoms with E-state index in [1.54, 1.807) is 0 Å². The summed E-state index contributed by atoms with van der Waals surface area (Å²) in [5.41, 5.74) is 2.26. The van der Waals surface area contributed by atoms with Crippen LogP contribution in [0.15, 0.2) is 48.5 Å². The second kappa shape index (κ2) is 8.10. The number of carbonyl (C=O) groups is 1. The largest absolute Gasteiger partial charge is 0.484 e. The van der Waals surface area contributed by atoms with Crippen molar-refractivity contribution in [1.82, 2.24) is 5.32 Å². The van der Waals surface area contributed by atoms with Gasteiger partial charge in [-0.25, -0.2) is 0 Å². The van der Waals surface area contributed by atoms with E-state index in [9.17, 15) is 14.9 Å². The van der Waals surface area contributed by atoms with Gasteiger partial charge in [0.25, 0.3) is 11.6 Å². The lowest BCUT2D eigenvalue weighted by Crippen LogP contribution is -2.31. The Kier molecular flexibility index (Phi) is 5.89. The molecule has 24 heavy (non-hydrogen) atoms. The van der Waals surface area contributed by atoms with E-state index in [0.29, 0.717) is 5.75 Å². The monoisotopic (exact) mass is 328 g/mol. The summed E-state index contributed by atoms with van der Waals surface area (Å²) in [7, 11) is 0. The lowest BCUT2D eigenvalue weighted by Gasteiger charge is -2.15. The zero-order valence-electron chi connectivity index (χ0n) is 13.7. The summed E-state index contributed by atoms with van der Waals surface area (Å²) < 4.78 is 5.34. The maximum absolute atomic E-state index is 12.0. The molecule has 0 radical (unpaired) electrons. The molecule has 0 saturated heterocycles. The van der Waals surface area contributed by atoms with Crippen LogP contribution in [0.5, 0.6) is 5.75 Å². The Bertz CT molecular complexity index is 696. The van der Waals surface area contributed by atoms with E-state index in [-0.39, 0.29) is 24.2 Å². The minimum absolute atomic E-state index is 0.0176. The molecule has 0 aliphatic heterocycles. The average molecular weight is 328 g/mol. The molecule has 0 saturated carbocycles. The SMILES string of the molecule is CCc1ccc(C(C)NC(=O)COc2ccc([N+](=O)[O-])cc2)cc1. The third-order valence-corrected chi connectivity index (χ3v) is 3.68. The summed E-state index contributed by atoms with van der Waals surface area (Å²) in [6, 6.07) is 13.6. The molecule has 0 spiro atoms. The number of amides is 1. The number of nitrogens with zero attached hydrogens (tertiary/aromatic N) is 1. The molecular formula is C18H20N2O4. The zero-order valence-corrected chi connectivity index (χ0v) is 13.7. The third-order valence-electron chi connectivity index (χ3n) is 3.68. The van der Waals surface area contributed by atoms with Crippen molar-refractivity contribution in [3.8, 4) is 5.75 Å². The quantitative estimate of drug-likeness (QED) is 0.624. The van der Waals surface area contributed by atoms with Gasteiger partial charge in [-0.05, 0) is 36.6 Å². The summed E-state index contributed by atoms with van der Waals surface area (Å²) in [6.07, 6.45) is 0.976. The normalized spacial score (nSPS) is 11.6. The highest BCUT2D eigenvalue weighted by Crippen LogP contribution is 2.17. The Hall–Kier alpha value is -2.89. The van der Waals surface area contributed by atoms with Gasteiger partial charge >= 0.3 is 0 Å². The van der Waals surface area contributed by atoms with E-state index < -0.39 is 4.92 Å². The van der Waals surface area contributed by atoms with Crippen molar-refractivity contribution in [2.75, 3.05) is 6.61 Å². The van der Waals surface area contributed by atoms with Crippen LogP contribution >= 0.6 is 0 Å². The Morgan fingerprint density at radius 1 is 1.17 bits per heavy atom. The molecule has 1 atom stereocenters. The van der Waals surface area contributed by atoms with Crippen molar-refractivity contribution in [3.63, 3.8) is 0 Å².